The standard InChI is InChI=1S/C25H26N4O2S/c1-17(2)15-26-24(30)20-10-8-19(9-11-20)16-32-25-28-27-23(22-5-4-14-31-22)29(25)21-12-6-18(3)7-13-21/h4-14,17H,15-16H2,1-3H3,(H,26,30). The van der Waals surface area contributed by atoms with Crippen LogP contribution in [0.1, 0.15) is 35.3 Å². The lowest BCUT2D eigenvalue weighted by Crippen LogP contribution is -2.27. The van der Waals surface area contributed by atoms with Gasteiger partial charge in [0, 0.05) is 23.5 Å². The molecule has 1 N–H and O–H groups in total. The first-order valence-electron chi connectivity index (χ1n) is 10.6. The van der Waals surface area contributed by atoms with Crippen molar-refractivity contribution >= 4 is 17.7 Å². The first kappa shape index (κ1) is 21.9. The summed E-state index contributed by atoms with van der Waals surface area (Å²) < 4.78 is 7.59. The van der Waals surface area contributed by atoms with Crippen molar-refractivity contribution in [2.75, 3.05) is 6.54 Å². The number of thioether (sulfide) groups is 1. The van der Waals surface area contributed by atoms with Gasteiger partial charge in [-0.15, -0.1) is 10.2 Å². The number of furan rings is 1. The highest BCUT2D eigenvalue weighted by Gasteiger charge is 2.18. The highest BCUT2D eigenvalue weighted by molar-refractivity contribution is 7.98. The zero-order valence-electron chi connectivity index (χ0n) is 18.4. The third-order valence-corrected chi connectivity index (χ3v) is 5.92. The zero-order valence-corrected chi connectivity index (χ0v) is 19.2. The largest absolute Gasteiger partial charge is 0.461 e. The molecule has 1 amide bonds. The van der Waals surface area contributed by atoms with Crippen molar-refractivity contribution < 1.29 is 9.21 Å². The summed E-state index contributed by atoms with van der Waals surface area (Å²) in [7, 11) is 0. The van der Waals surface area contributed by atoms with E-state index in [4.69, 9.17) is 4.42 Å². The van der Waals surface area contributed by atoms with Gasteiger partial charge in [-0.25, -0.2) is 0 Å². The predicted molar refractivity (Wildman–Crippen MR) is 127 cm³/mol. The molecule has 2 aromatic heterocycles. The molecule has 0 fully saturated rings. The summed E-state index contributed by atoms with van der Waals surface area (Å²) in [6, 6.07) is 19.7. The molecule has 0 atom stereocenters. The lowest BCUT2D eigenvalue weighted by Gasteiger charge is -2.10. The summed E-state index contributed by atoms with van der Waals surface area (Å²) in [5, 5.41) is 12.5. The second-order valence-electron chi connectivity index (χ2n) is 8.04. The minimum Gasteiger partial charge on any atom is -0.461 e. The summed E-state index contributed by atoms with van der Waals surface area (Å²) in [5.41, 5.74) is 3.94. The number of aromatic nitrogens is 3. The second kappa shape index (κ2) is 9.87. The Hall–Kier alpha value is -3.32. The molecule has 0 bridgehead atoms. The van der Waals surface area contributed by atoms with Crippen molar-refractivity contribution in [2.45, 2.75) is 31.7 Å². The second-order valence-corrected chi connectivity index (χ2v) is 8.99. The minimum absolute atomic E-state index is 0.0416. The number of rotatable bonds is 8. The summed E-state index contributed by atoms with van der Waals surface area (Å²) in [6.45, 7) is 6.88. The normalized spacial score (nSPS) is 11.1. The topological polar surface area (TPSA) is 73.0 Å². The van der Waals surface area contributed by atoms with E-state index in [2.05, 4.69) is 60.6 Å². The van der Waals surface area contributed by atoms with Crippen molar-refractivity contribution in [3.05, 3.63) is 83.6 Å². The van der Waals surface area contributed by atoms with Crippen LogP contribution in [0.5, 0.6) is 0 Å². The summed E-state index contributed by atoms with van der Waals surface area (Å²) in [5.74, 6) is 2.42. The van der Waals surface area contributed by atoms with E-state index in [1.807, 2.05) is 41.0 Å². The van der Waals surface area contributed by atoms with E-state index in [-0.39, 0.29) is 5.91 Å². The van der Waals surface area contributed by atoms with Gasteiger partial charge in [0.2, 0.25) is 5.82 Å². The fourth-order valence-electron chi connectivity index (χ4n) is 3.15. The van der Waals surface area contributed by atoms with Gasteiger partial charge in [0.25, 0.3) is 5.91 Å². The zero-order chi connectivity index (χ0) is 22.5. The van der Waals surface area contributed by atoms with Crippen LogP contribution in [0.15, 0.2) is 76.5 Å². The lowest BCUT2D eigenvalue weighted by molar-refractivity contribution is 0.0949. The van der Waals surface area contributed by atoms with Gasteiger partial charge < -0.3 is 9.73 Å². The van der Waals surface area contributed by atoms with Crippen molar-refractivity contribution in [1.82, 2.24) is 20.1 Å². The number of nitrogens with one attached hydrogen (secondary N) is 1. The minimum atomic E-state index is -0.0416. The number of aryl methyl sites for hydroxylation is 1. The first-order chi connectivity index (χ1) is 15.5. The van der Waals surface area contributed by atoms with Crippen LogP contribution in [0.25, 0.3) is 17.3 Å². The highest BCUT2D eigenvalue weighted by atomic mass is 32.2. The Morgan fingerprint density at radius 1 is 1.06 bits per heavy atom. The maximum absolute atomic E-state index is 12.2. The SMILES string of the molecule is Cc1ccc(-n2c(SCc3ccc(C(=O)NCC(C)C)cc3)nnc2-c2ccco2)cc1. The molecule has 0 unspecified atom stereocenters. The fraction of sp³-hybridized carbons (Fsp3) is 0.240. The molecule has 0 aliphatic rings. The number of amides is 1. The van der Waals surface area contributed by atoms with Gasteiger partial charge in [-0.1, -0.05) is 55.4 Å². The highest BCUT2D eigenvalue weighted by Crippen LogP contribution is 2.30. The molecule has 164 valence electrons. The van der Waals surface area contributed by atoms with Gasteiger partial charge >= 0.3 is 0 Å². The van der Waals surface area contributed by atoms with Crippen molar-refractivity contribution in [2.24, 2.45) is 5.92 Å². The van der Waals surface area contributed by atoms with Gasteiger partial charge in [-0.05, 0) is 54.8 Å². The quantitative estimate of drug-likeness (QED) is 0.361. The molecule has 4 aromatic rings. The molecular weight excluding hydrogens is 420 g/mol. The van der Waals surface area contributed by atoms with E-state index in [9.17, 15) is 4.79 Å². The third kappa shape index (κ3) is 5.11. The number of hydrogen-bond acceptors (Lipinski definition) is 5. The average Bonchev–Trinajstić information content (AvgIpc) is 3.47. The average molecular weight is 447 g/mol. The molecule has 0 saturated carbocycles. The molecule has 4 rings (SSSR count). The lowest BCUT2D eigenvalue weighted by atomic mass is 10.1. The molecule has 0 aliphatic carbocycles. The molecular formula is C25H26N4O2S. The van der Waals surface area contributed by atoms with E-state index in [1.165, 1.54) is 5.56 Å². The van der Waals surface area contributed by atoms with E-state index in [0.29, 0.717) is 35.4 Å². The molecule has 6 nitrogen and oxygen atoms in total. The van der Waals surface area contributed by atoms with Crippen molar-refractivity contribution in [3.8, 4) is 17.3 Å². The van der Waals surface area contributed by atoms with E-state index < -0.39 is 0 Å². The summed E-state index contributed by atoms with van der Waals surface area (Å²) in [4.78, 5) is 12.2. The van der Waals surface area contributed by atoms with E-state index >= 15 is 0 Å². The molecule has 32 heavy (non-hydrogen) atoms. The van der Waals surface area contributed by atoms with Crippen LogP contribution in [0.3, 0.4) is 0 Å². The molecule has 0 saturated heterocycles. The van der Waals surface area contributed by atoms with Crippen LogP contribution in [0.4, 0.5) is 0 Å². The van der Waals surface area contributed by atoms with Gasteiger partial charge in [0.1, 0.15) is 0 Å². The Kier molecular flexibility index (Phi) is 6.75. The van der Waals surface area contributed by atoms with Crippen LogP contribution in [-0.2, 0) is 5.75 Å². The Balaban J connectivity index is 1.52. The predicted octanol–water partition coefficient (Wildman–Crippen LogP) is 5.51. The Bertz CT molecular complexity index is 1160. The monoisotopic (exact) mass is 446 g/mol. The smallest absolute Gasteiger partial charge is 0.251 e. The number of carbonyl (C=O) groups is 1. The molecule has 7 heteroatoms. The number of nitrogens with zero attached hydrogens (tertiary/aromatic N) is 3. The number of carbonyl (C=O) groups excluding carboxylic acids is 1. The van der Waals surface area contributed by atoms with Gasteiger partial charge in [-0.3, -0.25) is 9.36 Å². The number of hydrogen-bond donors (Lipinski definition) is 1. The molecule has 0 spiro atoms. The van der Waals surface area contributed by atoms with Crippen LogP contribution in [0.2, 0.25) is 0 Å². The van der Waals surface area contributed by atoms with Crippen LogP contribution >= 0.6 is 11.8 Å². The molecule has 2 aromatic carbocycles. The Morgan fingerprint density at radius 2 is 1.81 bits per heavy atom. The van der Waals surface area contributed by atoms with Crippen LogP contribution < -0.4 is 5.32 Å². The summed E-state index contributed by atoms with van der Waals surface area (Å²) >= 11 is 1.59. The number of benzene rings is 2. The Morgan fingerprint density at radius 3 is 2.47 bits per heavy atom. The third-order valence-electron chi connectivity index (χ3n) is 4.92. The van der Waals surface area contributed by atoms with E-state index in [1.54, 1.807) is 18.0 Å². The van der Waals surface area contributed by atoms with Crippen molar-refractivity contribution in [1.29, 1.82) is 0 Å². The maximum atomic E-state index is 12.2. The molecule has 2 heterocycles. The summed E-state index contributed by atoms with van der Waals surface area (Å²) in [6.07, 6.45) is 1.63. The van der Waals surface area contributed by atoms with E-state index in [0.717, 1.165) is 16.4 Å². The van der Waals surface area contributed by atoms with Crippen LogP contribution in [-0.4, -0.2) is 27.2 Å². The van der Waals surface area contributed by atoms with Gasteiger partial charge in [0.05, 0.1) is 6.26 Å². The Labute approximate surface area is 192 Å². The van der Waals surface area contributed by atoms with Crippen LogP contribution in [0, 0.1) is 12.8 Å². The van der Waals surface area contributed by atoms with Gasteiger partial charge in [0.15, 0.2) is 10.9 Å². The van der Waals surface area contributed by atoms with Crippen molar-refractivity contribution in [3.63, 3.8) is 0 Å². The first-order valence-corrected chi connectivity index (χ1v) is 11.6. The maximum Gasteiger partial charge on any atom is 0.251 e. The fourth-order valence-corrected chi connectivity index (χ4v) is 4.06. The molecule has 0 aliphatic heterocycles. The van der Waals surface area contributed by atoms with Gasteiger partial charge in [-0.2, -0.15) is 0 Å². The molecule has 0 radical (unpaired) electrons.